The normalized spacial score (nSPS) is 17.6. The summed E-state index contributed by atoms with van der Waals surface area (Å²) in [6.07, 6.45) is 3.55. The van der Waals surface area contributed by atoms with Crippen LogP contribution in [-0.2, 0) is 9.59 Å². The van der Waals surface area contributed by atoms with Gasteiger partial charge in [-0.25, -0.2) is 0 Å². The molecule has 0 radical (unpaired) electrons. The van der Waals surface area contributed by atoms with Gasteiger partial charge in [-0.15, -0.1) is 0 Å². The summed E-state index contributed by atoms with van der Waals surface area (Å²) in [5, 5.41) is 10.5. The van der Waals surface area contributed by atoms with Gasteiger partial charge in [0.15, 0.2) is 0 Å². The minimum atomic E-state index is -0.465. The molecule has 0 saturated carbocycles. The average Bonchev–Trinajstić information content (AvgIpc) is 3.45. The van der Waals surface area contributed by atoms with Gasteiger partial charge in [-0.3, -0.25) is 29.4 Å². The Kier molecular flexibility index (Phi) is 5.88. The number of carbonyl (C=O) groups excluding carboxylic acids is 3. The second-order valence-corrected chi connectivity index (χ2v) is 8.78. The molecule has 0 spiro atoms. The standard InChI is InChI=1S/C22H22N4O5S/c1-14-11-16(15(2)25(14)17-5-7-18(8-6-17)26(30)31)12-19-21(28)24(22(29)32-19)13-20(27)23-9-3-4-10-23/h5-8,11-12H,3-4,9-10,13H2,1-2H3/b19-12-. The van der Waals surface area contributed by atoms with Crippen molar-refractivity contribution >= 4 is 40.6 Å². The number of aromatic nitrogens is 1. The Bertz CT molecular complexity index is 1150. The van der Waals surface area contributed by atoms with Crippen LogP contribution in [0.3, 0.4) is 0 Å². The summed E-state index contributed by atoms with van der Waals surface area (Å²) < 4.78 is 1.93. The van der Waals surface area contributed by atoms with Crippen molar-refractivity contribution < 1.29 is 19.3 Å². The molecule has 0 bridgehead atoms. The quantitative estimate of drug-likeness (QED) is 0.388. The molecule has 2 aliphatic rings. The molecule has 0 unspecified atom stereocenters. The van der Waals surface area contributed by atoms with Crippen molar-refractivity contribution in [2.75, 3.05) is 19.6 Å². The molecule has 0 atom stereocenters. The zero-order valence-electron chi connectivity index (χ0n) is 17.7. The van der Waals surface area contributed by atoms with E-state index >= 15 is 0 Å². The summed E-state index contributed by atoms with van der Waals surface area (Å²) in [6, 6.07) is 8.10. The second kappa shape index (κ2) is 8.62. The van der Waals surface area contributed by atoms with Gasteiger partial charge in [-0.05, 0) is 68.3 Å². The Labute approximate surface area is 188 Å². The van der Waals surface area contributed by atoms with Crippen LogP contribution in [0.15, 0.2) is 35.2 Å². The molecule has 10 heteroatoms. The number of carbonyl (C=O) groups is 3. The van der Waals surface area contributed by atoms with Gasteiger partial charge in [0.25, 0.3) is 16.8 Å². The minimum absolute atomic E-state index is 0.00795. The zero-order valence-corrected chi connectivity index (χ0v) is 18.6. The van der Waals surface area contributed by atoms with E-state index in [1.165, 1.54) is 12.1 Å². The number of likely N-dealkylation sites (tertiary alicyclic amines) is 1. The topological polar surface area (TPSA) is 106 Å². The molecule has 2 fully saturated rings. The largest absolute Gasteiger partial charge is 0.341 e. The lowest BCUT2D eigenvalue weighted by Crippen LogP contribution is -2.40. The molecule has 3 amide bonds. The van der Waals surface area contributed by atoms with Gasteiger partial charge in [0.05, 0.1) is 9.83 Å². The molecule has 2 aliphatic heterocycles. The summed E-state index contributed by atoms with van der Waals surface area (Å²) in [6.45, 7) is 4.87. The highest BCUT2D eigenvalue weighted by Gasteiger charge is 2.37. The molecule has 0 aliphatic carbocycles. The fraction of sp³-hybridized carbons (Fsp3) is 0.318. The van der Waals surface area contributed by atoms with Crippen LogP contribution in [0, 0.1) is 24.0 Å². The van der Waals surface area contributed by atoms with Crippen molar-refractivity contribution in [2.45, 2.75) is 26.7 Å². The number of hydrogen-bond acceptors (Lipinski definition) is 6. The molecular weight excluding hydrogens is 432 g/mol. The van der Waals surface area contributed by atoms with Crippen LogP contribution in [0.2, 0.25) is 0 Å². The number of non-ortho nitro benzene ring substituents is 1. The molecule has 1 aromatic heterocycles. The predicted molar refractivity (Wildman–Crippen MR) is 120 cm³/mol. The average molecular weight is 455 g/mol. The third-order valence-corrected chi connectivity index (χ3v) is 6.61. The maximum atomic E-state index is 12.8. The van der Waals surface area contributed by atoms with Gasteiger partial charge < -0.3 is 9.47 Å². The van der Waals surface area contributed by atoms with Gasteiger partial charge in [0, 0.05) is 42.3 Å². The van der Waals surface area contributed by atoms with Crippen molar-refractivity contribution in [3.05, 3.63) is 62.3 Å². The summed E-state index contributed by atoms with van der Waals surface area (Å²) in [4.78, 5) is 51.0. The van der Waals surface area contributed by atoms with E-state index in [1.807, 2.05) is 24.5 Å². The number of nitrogens with zero attached hydrogens (tertiary/aromatic N) is 4. The number of benzene rings is 1. The minimum Gasteiger partial charge on any atom is -0.341 e. The zero-order chi connectivity index (χ0) is 23.0. The first kappa shape index (κ1) is 21.8. The number of rotatable bonds is 5. The van der Waals surface area contributed by atoms with E-state index in [9.17, 15) is 24.5 Å². The van der Waals surface area contributed by atoms with Gasteiger partial charge >= 0.3 is 0 Å². The molecule has 2 saturated heterocycles. The van der Waals surface area contributed by atoms with Gasteiger partial charge in [-0.1, -0.05) is 0 Å². The maximum Gasteiger partial charge on any atom is 0.294 e. The highest BCUT2D eigenvalue weighted by molar-refractivity contribution is 8.18. The lowest BCUT2D eigenvalue weighted by molar-refractivity contribution is -0.384. The Morgan fingerprint density at radius 1 is 1.16 bits per heavy atom. The summed E-state index contributed by atoms with van der Waals surface area (Å²) in [5.41, 5.74) is 3.24. The molecular formula is C22H22N4O5S. The third-order valence-electron chi connectivity index (χ3n) is 5.70. The Morgan fingerprint density at radius 3 is 2.44 bits per heavy atom. The van der Waals surface area contributed by atoms with E-state index in [1.54, 1.807) is 23.1 Å². The van der Waals surface area contributed by atoms with Gasteiger partial charge in [0.2, 0.25) is 5.91 Å². The highest BCUT2D eigenvalue weighted by Crippen LogP contribution is 2.34. The van der Waals surface area contributed by atoms with Crippen molar-refractivity contribution in [1.29, 1.82) is 0 Å². The van der Waals surface area contributed by atoms with Gasteiger partial charge in [0.1, 0.15) is 6.54 Å². The summed E-state index contributed by atoms with van der Waals surface area (Å²) in [5.74, 6) is -0.671. The molecule has 4 rings (SSSR count). The Balaban J connectivity index is 1.57. The van der Waals surface area contributed by atoms with Crippen molar-refractivity contribution in [1.82, 2.24) is 14.4 Å². The van der Waals surface area contributed by atoms with E-state index in [0.29, 0.717) is 13.1 Å². The lowest BCUT2D eigenvalue weighted by Gasteiger charge is -2.18. The number of hydrogen-bond donors (Lipinski definition) is 0. The van der Waals surface area contributed by atoms with Crippen LogP contribution in [0.1, 0.15) is 29.8 Å². The number of nitro groups is 1. The van der Waals surface area contributed by atoms with Gasteiger partial charge in [-0.2, -0.15) is 0 Å². The van der Waals surface area contributed by atoms with E-state index < -0.39 is 16.1 Å². The number of amides is 3. The Hall–Kier alpha value is -3.40. The maximum absolute atomic E-state index is 12.8. The number of aryl methyl sites for hydroxylation is 1. The molecule has 2 aromatic rings. The second-order valence-electron chi connectivity index (χ2n) is 7.79. The smallest absolute Gasteiger partial charge is 0.294 e. The first-order chi connectivity index (χ1) is 15.3. The number of thioether (sulfide) groups is 1. The van der Waals surface area contributed by atoms with Crippen LogP contribution >= 0.6 is 11.8 Å². The summed E-state index contributed by atoms with van der Waals surface area (Å²) in [7, 11) is 0. The van der Waals surface area contributed by atoms with E-state index in [-0.39, 0.29) is 23.0 Å². The first-order valence-corrected chi connectivity index (χ1v) is 11.0. The van der Waals surface area contributed by atoms with E-state index in [0.717, 1.165) is 52.1 Å². The fourth-order valence-corrected chi connectivity index (χ4v) is 4.86. The SMILES string of the molecule is Cc1cc(/C=C2\SC(=O)N(CC(=O)N3CCCC3)C2=O)c(C)n1-c1ccc([N+](=O)[O-])cc1. The number of nitro benzene ring substituents is 1. The van der Waals surface area contributed by atoms with Crippen LogP contribution in [0.5, 0.6) is 0 Å². The summed E-state index contributed by atoms with van der Waals surface area (Å²) >= 11 is 0.830. The van der Waals surface area contributed by atoms with Crippen molar-refractivity contribution in [3.63, 3.8) is 0 Å². The highest BCUT2D eigenvalue weighted by atomic mass is 32.2. The molecule has 1 aromatic carbocycles. The van der Waals surface area contributed by atoms with Crippen molar-refractivity contribution in [3.8, 4) is 5.69 Å². The molecule has 9 nitrogen and oxygen atoms in total. The monoisotopic (exact) mass is 454 g/mol. The van der Waals surface area contributed by atoms with Crippen LogP contribution < -0.4 is 0 Å². The van der Waals surface area contributed by atoms with Crippen LogP contribution in [0.4, 0.5) is 10.5 Å². The van der Waals surface area contributed by atoms with Crippen LogP contribution in [0.25, 0.3) is 11.8 Å². The lowest BCUT2D eigenvalue weighted by atomic mass is 10.2. The third kappa shape index (κ3) is 4.05. The predicted octanol–water partition coefficient (Wildman–Crippen LogP) is 3.66. The molecule has 3 heterocycles. The van der Waals surface area contributed by atoms with E-state index in [4.69, 9.17) is 0 Å². The van der Waals surface area contributed by atoms with Crippen molar-refractivity contribution in [2.24, 2.45) is 0 Å². The first-order valence-electron chi connectivity index (χ1n) is 10.2. The molecule has 0 N–H and O–H groups in total. The molecule has 32 heavy (non-hydrogen) atoms. The number of imide groups is 1. The Morgan fingerprint density at radius 2 is 1.81 bits per heavy atom. The molecule has 166 valence electrons. The van der Waals surface area contributed by atoms with Crippen LogP contribution in [-0.4, -0.2) is 56.0 Å². The fourth-order valence-electron chi connectivity index (χ4n) is 4.03. The van der Waals surface area contributed by atoms with E-state index in [2.05, 4.69) is 0 Å².